The van der Waals surface area contributed by atoms with Crippen molar-refractivity contribution in [3.05, 3.63) is 70.8 Å². The van der Waals surface area contributed by atoms with Gasteiger partial charge < -0.3 is 10.4 Å². The summed E-state index contributed by atoms with van der Waals surface area (Å²) in [6.07, 6.45) is 5.07. The summed E-state index contributed by atoms with van der Waals surface area (Å²) in [6.45, 7) is 0.583. The SMILES string of the molecule is O=C(O)c1ccc(CCNC(=O)C2CC23CCCc2ccccc23)cc1. The van der Waals surface area contributed by atoms with Gasteiger partial charge in [0.1, 0.15) is 0 Å². The van der Waals surface area contributed by atoms with E-state index in [1.165, 1.54) is 11.1 Å². The maximum absolute atomic E-state index is 12.6. The van der Waals surface area contributed by atoms with Crippen LogP contribution < -0.4 is 5.32 Å². The second-order valence-corrected chi connectivity index (χ2v) is 7.47. The van der Waals surface area contributed by atoms with Crippen molar-refractivity contribution in [1.82, 2.24) is 5.32 Å². The Bertz CT molecular complexity index is 843. The summed E-state index contributed by atoms with van der Waals surface area (Å²) in [6, 6.07) is 15.4. The van der Waals surface area contributed by atoms with E-state index in [9.17, 15) is 9.59 Å². The summed E-state index contributed by atoms with van der Waals surface area (Å²) in [4.78, 5) is 23.5. The average Bonchev–Trinajstić information content (AvgIpc) is 3.37. The maximum Gasteiger partial charge on any atom is 0.335 e. The standard InChI is InChI=1S/C22H23NO3/c24-20(23-13-11-15-7-9-17(10-8-15)21(25)26)19-14-22(19)12-3-5-16-4-1-2-6-18(16)22/h1-2,4,6-10,19H,3,5,11-14H2,(H,23,24)(H,25,26). The average molecular weight is 349 g/mol. The third-order valence-electron chi connectivity index (χ3n) is 5.93. The number of aromatic carboxylic acids is 1. The van der Waals surface area contributed by atoms with E-state index >= 15 is 0 Å². The highest BCUT2D eigenvalue weighted by Gasteiger charge is 2.59. The van der Waals surface area contributed by atoms with Crippen LogP contribution in [0.5, 0.6) is 0 Å². The van der Waals surface area contributed by atoms with Crippen LogP contribution >= 0.6 is 0 Å². The second kappa shape index (κ2) is 6.60. The topological polar surface area (TPSA) is 66.4 Å². The molecule has 2 aliphatic rings. The Morgan fingerprint density at radius 3 is 2.65 bits per heavy atom. The zero-order valence-electron chi connectivity index (χ0n) is 14.7. The number of carbonyl (C=O) groups is 2. The quantitative estimate of drug-likeness (QED) is 0.870. The zero-order valence-corrected chi connectivity index (χ0v) is 14.7. The Morgan fingerprint density at radius 2 is 1.88 bits per heavy atom. The van der Waals surface area contributed by atoms with E-state index in [1.807, 2.05) is 12.1 Å². The van der Waals surface area contributed by atoms with Crippen LogP contribution in [0.3, 0.4) is 0 Å². The van der Waals surface area contributed by atoms with Gasteiger partial charge in [0.05, 0.1) is 5.56 Å². The minimum Gasteiger partial charge on any atom is -0.478 e. The van der Waals surface area contributed by atoms with E-state index in [-0.39, 0.29) is 22.8 Å². The van der Waals surface area contributed by atoms with Gasteiger partial charge >= 0.3 is 5.97 Å². The Balaban J connectivity index is 1.34. The molecule has 2 aromatic rings. The fraction of sp³-hybridized carbons (Fsp3) is 0.364. The largest absolute Gasteiger partial charge is 0.478 e. The molecule has 26 heavy (non-hydrogen) atoms. The normalized spacial score (nSPS) is 23.3. The lowest BCUT2D eigenvalue weighted by Crippen LogP contribution is -2.31. The molecule has 2 aliphatic carbocycles. The predicted molar refractivity (Wildman–Crippen MR) is 99.3 cm³/mol. The molecule has 4 heteroatoms. The minimum atomic E-state index is -0.920. The van der Waals surface area contributed by atoms with Crippen molar-refractivity contribution in [2.45, 2.75) is 37.5 Å². The fourth-order valence-corrected chi connectivity index (χ4v) is 4.44. The number of fused-ring (bicyclic) bond motifs is 2. The molecule has 4 rings (SSSR count). The summed E-state index contributed by atoms with van der Waals surface area (Å²) in [7, 11) is 0. The van der Waals surface area contributed by atoms with Crippen molar-refractivity contribution in [3.8, 4) is 0 Å². The lowest BCUT2D eigenvalue weighted by Gasteiger charge is -2.26. The third kappa shape index (κ3) is 3.00. The van der Waals surface area contributed by atoms with Gasteiger partial charge in [-0.3, -0.25) is 4.79 Å². The number of benzene rings is 2. The van der Waals surface area contributed by atoms with Gasteiger partial charge in [0.15, 0.2) is 0 Å². The number of amides is 1. The summed E-state index contributed by atoms with van der Waals surface area (Å²) in [5, 5.41) is 12.0. The Morgan fingerprint density at radius 1 is 1.12 bits per heavy atom. The number of nitrogens with one attached hydrogen (secondary N) is 1. The van der Waals surface area contributed by atoms with E-state index in [1.54, 1.807) is 12.1 Å². The molecule has 0 heterocycles. The van der Waals surface area contributed by atoms with Gasteiger partial charge in [-0.25, -0.2) is 4.79 Å². The molecule has 2 unspecified atom stereocenters. The Labute approximate surface area is 153 Å². The van der Waals surface area contributed by atoms with Crippen molar-refractivity contribution < 1.29 is 14.7 Å². The number of carboxylic acids is 1. The first-order valence-corrected chi connectivity index (χ1v) is 9.28. The molecule has 1 amide bonds. The zero-order chi connectivity index (χ0) is 18.1. The van der Waals surface area contributed by atoms with Gasteiger partial charge in [0.25, 0.3) is 0 Å². The molecule has 2 N–H and O–H groups in total. The van der Waals surface area contributed by atoms with E-state index in [0.717, 1.165) is 31.2 Å². The second-order valence-electron chi connectivity index (χ2n) is 7.47. The molecule has 1 spiro atoms. The van der Waals surface area contributed by atoms with Crippen LogP contribution in [0, 0.1) is 5.92 Å². The Hall–Kier alpha value is -2.62. The number of hydrogen-bond donors (Lipinski definition) is 2. The molecule has 0 radical (unpaired) electrons. The predicted octanol–water partition coefficient (Wildman–Crippen LogP) is 3.34. The number of rotatable bonds is 5. The smallest absolute Gasteiger partial charge is 0.335 e. The number of carboxylic acid groups (broad SMARTS) is 1. The molecular formula is C22H23NO3. The molecule has 0 aliphatic heterocycles. The van der Waals surface area contributed by atoms with E-state index in [0.29, 0.717) is 13.0 Å². The van der Waals surface area contributed by atoms with Crippen molar-refractivity contribution in [3.63, 3.8) is 0 Å². The lowest BCUT2D eigenvalue weighted by molar-refractivity contribution is -0.122. The fourth-order valence-electron chi connectivity index (χ4n) is 4.44. The molecule has 2 aromatic carbocycles. The van der Waals surface area contributed by atoms with Crippen LogP contribution in [0.15, 0.2) is 48.5 Å². The molecule has 2 atom stereocenters. The van der Waals surface area contributed by atoms with Gasteiger partial charge in [-0.2, -0.15) is 0 Å². The number of aryl methyl sites for hydroxylation is 1. The molecule has 0 saturated heterocycles. The number of carbonyl (C=O) groups excluding carboxylic acids is 1. The maximum atomic E-state index is 12.6. The van der Waals surface area contributed by atoms with Crippen molar-refractivity contribution in [2.75, 3.05) is 6.54 Å². The first-order chi connectivity index (χ1) is 12.6. The van der Waals surface area contributed by atoms with Crippen LogP contribution in [0.4, 0.5) is 0 Å². The van der Waals surface area contributed by atoms with Crippen LogP contribution in [-0.4, -0.2) is 23.5 Å². The van der Waals surface area contributed by atoms with Gasteiger partial charge in [-0.15, -0.1) is 0 Å². The molecular weight excluding hydrogens is 326 g/mol. The first-order valence-electron chi connectivity index (χ1n) is 9.28. The minimum absolute atomic E-state index is 0.0715. The highest BCUT2D eigenvalue weighted by atomic mass is 16.4. The van der Waals surface area contributed by atoms with Crippen molar-refractivity contribution in [1.29, 1.82) is 0 Å². The Kier molecular flexibility index (Phi) is 4.27. The van der Waals surface area contributed by atoms with Crippen LogP contribution in [0.1, 0.15) is 46.3 Å². The highest BCUT2D eigenvalue weighted by molar-refractivity contribution is 5.87. The van der Waals surface area contributed by atoms with Crippen LogP contribution in [0.25, 0.3) is 0 Å². The van der Waals surface area contributed by atoms with Gasteiger partial charge in [0, 0.05) is 17.9 Å². The lowest BCUT2D eigenvalue weighted by atomic mass is 9.78. The highest BCUT2D eigenvalue weighted by Crippen LogP contribution is 2.60. The van der Waals surface area contributed by atoms with E-state index < -0.39 is 5.97 Å². The van der Waals surface area contributed by atoms with Gasteiger partial charge in [-0.05, 0) is 60.9 Å². The molecule has 1 fully saturated rings. The van der Waals surface area contributed by atoms with Gasteiger partial charge in [-0.1, -0.05) is 36.4 Å². The van der Waals surface area contributed by atoms with Crippen molar-refractivity contribution >= 4 is 11.9 Å². The molecule has 0 bridgehead atoms. The van der Waals surface area contributed by atoms with Crippen LogP contribution in [0.2, 0.25) is 0 Å². The van der Waals surface area contributed by atoms with Crippen LogP contribution in [-0.2, 0) is 23.1 Å². The first kappa shape index (κ1) is 16.8. The summed E-state index contributed by atoms with van der Waals surface area (Å²) in [5.74, 6) is -0.668. The van der Waals surface area contributed by atoms with Crippen molar-refractivity contribution in [2.24, 2.45) is 5.92 Å². The summed E-state index contributed by atoms with van der Waals surface area (Å²) in [5.41, 5.74) is 4.18. The molecule has 4 nitrogen and oxygen atoms in total. The van der Waals surface area contributed by atoms with Gasteiger partial charge in [0.2, 0.25) is 5.91 Å². The molecule has 1 saturated carbocycles. The molecule has 134 valence electrons. The monoisotopic (exact) mass is 349 g/mol. The summed E-state index contributed by atoms with van der Waals surface area (Å²) >= 11 is 0. The summed E-state index contributed by atoms with van der Waals surface area (Å²) < 4.78 is 0. The van der Waals surface area contributed by atoms with E-state index in [4.69, 9.17) is 5.11 Å². The third-order valence-corrected chi connectivity index (χ3v) is 5.93. The van der Waals surface area contributed by atoms with E-state index in [2.05, 4.69) is 29.6 Å². The molecule has 0 aromatic heterocycles. The number of hydrogen-bond acceptors (Lipinski definition) is 2.